The Kier molecular flexibility index (Phi) is 5.38. The van der Waals surface area contributed by atoms with Gasteiger partial charge in [0.25, 0.3) is 5.91 Å². The van der Waals surface area contributed by atoms with Crippen molar-refractivity contribution < 1.29 is 13.2 Å². The third-order valence-corrected chi connectivity index (χ3v) is 7.55. The summed E-state index contributed by atoms with van der Waals surface area (Å²) >= 11 is 0. The molecule has 2 aromatic rings. The fourth-order valence-corrected chi connectivity index (χ4v) is 5.70. The second-order valence-electron chi connectivity index (χ2n) is 7.90. The number of nitrogens with zero attached hydrogens (tertiary/aromatic N) is 3. The number of benzene rings is 1. The van der Waals surface area contributed by atoms with Crippen LogP contribution in [0.3, 0.4) is 0 Å². The van der Waals surface area contributed by atoms with Crippen LogP contribution >= 0.6 is 0 Å². The van der Waals surface area contributed by atoms with Gasteiger partial charge >= 0.3 is 0 Å². The largest absolute Gasteiger partial charge is 0.372 e. The van der Waals surface area contributed by atoms with Crippen molar-refractivity contribution in [3.05, 3.63) is 41.7 Å². The van der Waals surface area contributed by atoms with Crippen molar-refractivity contribution in [1.29, 1.82) is 0 Å². The molecule has 0 radical (unpaired) electrons. The minimum atomic E-state index is -3.01. The number of hydrogen-bond donors (Lipinski definition) is 1. The molecule has 0 bridgehead atoms. The number of amides is 1. The number of anilines is 2. The average Bonchev–Trinajstić information content (AvgIpc) is 3.34. The lowest BCUT2D eigenvalue weighted by Gasteiger charge is -2.21. The molecule has 7 nitrogen and oxygen atoms in total. The summed E-state index contributed by atoms with van der Waals surface area (Å²) in [5, 5.41) is 7.43. The van der Waals surface area contributed by atoms with E-state index in [2.05, 4.69) is 29.2 Å². The smallest absolute Gasteiger partial charge is 0.276 e. The molecule has 1 atom stereocenters. The number of carbonyl (C=O) groups is 1. The van der Waals surface area contributed by atoms with Gasteiger partial charge in [-0.3, -0.25) is 9.48 Å². The molecule has 4 rings (SSSR count). The number of rotatable bonds is 7. The summed E-state index contributed by atoms with van der Waals surface area (Å²) in [5.74, 6) is 0.437. The van der Waals surface area contributed by atoms with Crippen LogP contribution in [0, 0.1) is 0 Å². The van der Waals surface area contributed by atoms with Gasteiger partial charge in [0.15, 0.2) is 15.5 Å². The van der Waals surface area contributed by atoms with E-state index >= 15 is 0 Å². The highest BCUT2D eigenvalue weighted by Gasteiger charge is 2.36. The van der Waals surface area contributed by atoms with Crippen LogP contribution in [0.1, 0.15) is 61.3 Å². The van der Waals surface area contributed by atoms with Gasteiger partial charge in [0, 0.05) is 36.1 Å². The van der Waals surface area contributed by atoms with Gasteiger partial charge < -0.3 is 10.2 Å². The third-order valence-electron chi connectivity index (χ3n) is 5.80. The van der Waals surface area contributed by atoms with Crippen LogP contribution in [-0.2, 0) is 9.84 Å². The minimum absolute atomic E-state index is 0.113. The summed E-state index contributed by atoms with van der Waals surface area (Å²) in [6.07, 6.45) is 2.70. The summed E-state index contributed by atoms with van der Waals surface area (Å²) in [7, 11) is -3.01. The second kappa shape index (κ2) is 7.82. The van der Waals surface area contributed by atoms with Crippen LogP contribution in [-0.4, -0.2) is 48.7 Å². The normalized spacial score (nSPS) is 20.6. The molecule has 2 heterocycles. The summed E-state index contributed by atoms with van der Waals surface area (Å²) in [6, 6.07) is 9.47. The first kappa shape index (κ1) is 19.9. The van der Waals surface area contributed by atoms with Crippen LogP contribution < -0.4 is 10.2 Å². The molecular weight excluding hydrogens is 388 g/mol. The number of sulfone groups is 1. The fourth-order valence-electron chi connectivity index (χ4n) is 4.00. The van der Waals surface area contributed by atoms with Crippen LogP contribution in [0.5, 0.6) is 0 Å². The van der Waals surface area contributed by atoms with Gasteiger partial charge in [0.2, 0.25) is 0 Å². The Morgan fingerprint density at radius 2 is 1.86 bits per heavy atom. The molecule has 2 fully saturated rings. The predicted octanol–water partition coefficient (Wildman–Crippen LogP) is 3.22. The maximum Gasteiger partial charge on any atom is 0.276 e. The molecule has 1 saturated carbocycles. The summed E-state index contributed by atoms with van der Waals surface area (Å²) in [5.41, 5.74) is 3.19. The Hall–Kier alpha value is -2.35. The highest BCUT2D eigenvalue weighted by atomic mass is 32.2. The number of carbonyl (C=O) groups excluding carboxylic acids is 1. The fraction of sp³-hybridized carbons (Fsp3) is 0.524. The highest BCUT2D eigenvalue weighted by Crippen LogP contribution is 2.42. The van der Waals surface area contributed by atoms with E-state index in [0.717, 1.165) is 43.0 Å². The van der Waals surface area contributed by atoms with Crippen LogP contribution in [0.15, 0.2) is 30.3 Å². The molecule has 156 valence electrons. The van der Waals surface area contributed by atoms with Gasteiger partial charge in [-0.25, -0.2) is 8.42 Å². The van der Waals surface area contributed by atoms with Gasteiger partial charge in [-0.15, -0.1) is 0 Å². The summed E-state index contributed by atoms with van der Waals surface area (Å²) in [4.78, 5) is 15.0. The molecule has 1 saturated heterocycles. The van der Waals surface area contributed by atoms with E-state index in [1.54, 1.807) is 4.68 Å². The first-order chi connectivity index (χ1) is 13.9. The van der Waals surface area contributed by atoms with E-state index in [-0.39, 0.29) is 23.5 Å². The van der Waals surface area contributed by atoms with Crippen molar-refractivity contribution in [2.45, 2.75) is 45.1 Å². The quantitative estimate of drug-likeness (QED) is 0.749. The third kappa shape index (κ3) is 4.32. The zero-order valence-electron chi connectivity index (χ0n) is 17.0. The van der Waals surface area contributed by atoms with Crippen molar-refractivity contribution in [2.75, 3.05) is 34.8 Å². The average molecular weight is 417 g/mol. The Morgan fingerprint density at radius 1 is 1.17 bits per heavy atom. The minimum Gasteiger partial charge on any atom is -0.372 e. The zero-order valence-corrected chi connectivity index (χ0v) is 17.8. The molecular formula is C21H28N4O3S. The van der Waals surface area contributed by atoms with Crippen LogP contribution in [0.25, 0.3) is 0 Å². The maximum absolute atomic E-state index is 12.8. The Labute approximate surface area is 172 Å². The van der Waals surface area contributed by atoms with Crippen molar-refractivity contribution in [3.8, 4) is 0 Å². The lowest BCUT2D eigenvalue weighted by molar-refractivity contribution is 0.102. The molecule has 1 aliphatic carbocycles. The van der Waals surface area contributed by atoms with E-state index in [9.17, 15) is 13.2 Å². The van der Waals surface area contributed by atoms with E-state index in [4.69, 9.17) is 0 Å². The van der Waals surface area contributed by atoms with E-state index in [1.165, 1.54) is 0 Å². The Morgan fingerprint density at radius 3 is 2.41 bits per heavy atom. The molecule has 29 heavy (non-hydrogen) atoms. The van der Waals surface area contributed by atoms with Crippen LogP contribution in [0.2, 0.25) is 0 Å². The van der Waals surface area contributed by atoms with Crippen LogP contribution in [0.4, 0.5) is 11.4 Å². The van der Waals surface area contributed by atoms with Crippen molar-refractivity contribution in [1.82, 2.24) is 9.78 Å². The topological polar surface area (TPSA) is 84.3 Å². The number of aromatic nitrogens is 2. The van der Waals surface area contributed by atoms with Gasteiger partial charge in [0.1, 0.15) is 0 Å². The summed E-state index contributed by atoms with van der Waals surface area (Å²) < 4.78 is 25.6. The monoisotopic (exact) mass is 416 g/mol. The Bertz CT molecular complexity index is 989. The first-order valence-electron chi connectivity index (χ1n) is 10.4. The van der Waals surface area contributed by atoms with Gasteiger partial charge in [-0.1, -0.05) is 0 Å². The zero-order chi connectivity index (χ0) is 20.6. The lowest BCUT2D eigenvalue weighted by atomic mass is 10.2. The first-order valence-corrected chi connectivity index (χ1v) is 12.2. The highest BCUT2D eigenvalue weighted by molar-refractivity contribution is 7.91. The molecule has 1 N–H and O–H groups in total. The number of hydrogen-bond acceptors (Lipinski definition) is 5. The van der Waals surface area contributed by atoms with Crippen molar-refractivity contribution in [3.63, 3.8) is 0 Å². The second-order valence-corrected chi connectivity index (χ2v) is 10.1. The van der Waals surface area contributed by atoms with E-state index < -0.39 is 9.84 Å². The SMILES string of the molecule is CCN(CC)c1ccc(NC(=O)c2cc(C3CC3)n(C3CCS(=O)(=O)C3)n2)cc1. The molecule has 1 unspecified atom stereocenters. The molecule has 8 heteroatoms. The lowest BCUT2D eigenvalue weighted by Crippen LogP contribution is -2.21. The molecule has 1 aliphatic heterocycles. The molecule has 1 aromatic carbocycles. The molecule has 0 spiro atoms. The predicted molar refractivity (Wildman–Crippen MR) is 114 cm³/mol. The van der Waals surface area contributed by atoms with Gasteiger partial charge in [-0.05, 0) is 63.4 Å². The molecule has 1 amide bonds. The molecule has 2 aliphatic rings. The molecule has 1 aromatic heterocycles. The number of nitrogens with one attached hydrogen (secondary N) is 1. The van der Waals surface area contributed by atoms with E-state index in [0.29, 0.717) is 18.0 Å². The van der Waals surface area contributed by atoms with Crippen molar-refractivity contribution >= 4 is 27.1 Å². The van der Waals surface area contributed by atoms with E-state index in [1.807, 2.05) is 30.3 Å². The van der Waals surface area contributed by atoms with Gasteiger partial charge in [0.05, 0.1) is 17.5 Å². The van der Waals surface area contributed by atoms with Gasteiger partial charge in [-0.2, -0.15) is 5.10 Å². The maximum atomic E-state index is 12.8. The summed E-state index contributed by atoms with van der Waals surface area (Å²) in [6.45, 7) is 6.09. The Balaban J connectivity index is 1.51. The standard InChI is InChI=1S/C21H28N4O3S/c1-3-24(4-2)17-9-7-16(8-10-17)22-21(26)19-13-20(15-5-6-15)25(23-19)18-11-12-29(27,28)14-18/h7-10,13,15,18H,3-6,11-12,14H2,1-2H3,(H,22,26). The van der Waals surface area contributed by atoms with Crippen molar-refractivity contribution in [2.24, 2.45) is 0 Å².